The average Bonchev–Trinajstić information content (AvgIpc) is 2.29. The molecule has 1 aliphatic rings. The predicted octanol–water partition coefficient (Wildman–Crippen LogP) is 0.541. The van der Waals surface area contributed by atoms with Crippen LogP contribution in [0.1, 0.15) is 32.1 Å². The molecular formula is C10H20N2O3S2. The van der Waals surface area contributed by atoms with Gasteiger partial charge in [-0.3, -0.25) is 0 Å². The number of sulfonamides is 1. The number of unbranched alkanes of at least 4 members (excludes halogenated alkanes) is 1. The molecule has 0 aromatic rings. The lowest BCUT2D eigenvalue weighted by Crippen LogP contribution is -2.38. The van der Waals surface area contributed by atoms with Gasteiger partial charge in [0.25, 0.3) is 0 Å². The zero-order chi connectivity index (χ0) is 12.7. The highest BCUT2D eigenvalue weighted by molar-refractivity contribution is 7.90. The average molecular weight is 280 g/mol. The smallest absolute Gasteiger partial charge is 0.214 e. The predicted molar refractivity (Wildman–Crippen MR) is 71.4 cm³/mol. The maximum atomic E-state index is 11.9. The second kappa shape index (κ2) is 7.25. The second-order valence-electron chi connectivity index (χ2n) is 4.17. The van der Waals surface area contributed by atoms with Crippen LogP contribution in [0.15, 0.2) is 0 Å². The van der Waals surface area contributed by atoms with E-state index in [9.17, 15) is 8.42 Å². The monoisotopic (exact) mass is 280 g/mol. The number of thiocarbonyl (C=S) groups is 1. The van der Waals surface area contributed by atoms with Crippen molar-refractivity contribution in [1.82, 2.24) is 4.72 Å². The summed E-state index contributed by atoms with van der Waals surface area (Å²) in [4.78, 5) is 0.484. The Morgan fingerprint density at radius 2 is 2.00 bits per heavy atom. The van der Waals surface area contributed by atoms with Gasteiger partial charge in [-0.2, -0.15) is 0 Å². The van der Waals surface area contributed by atoms with Crippen LogP contribution in [0.25, 0.3) is 0 Å². The van der Waals surface area contributed by atoms with Crippen LogP contribution in [-0.4, -0.2) is 38.4 Å². The molecule has 5 nitrogen and oxygen atoms in total. The van der Waals surface area contributed by atoms with Gasteiger partial charge >= 0.3 is 0 Å². The van der Waals surface area contributed by atoms with Crippen LogP contribution in [0.2, 0.25) is 0 Å². The Morgan fingerprint density at radius 1 is 1.35 bits per heavy atom. The molecule has 1 heterocycles. The Morgan fingerprint density at radius 3 is 2.59 bits per heavy atom. The van der Waals surface area contributed by atoms with E-state index in [0.717, 1.165) is 12.8 Å². The summed E-state index contributed by atoms with van der Waals surface area (Å²) in [7, 11) is -3.18. The Bertz CT molecular complexity index is 337. The molecule has 0 spiro atoms. The first-order valence-corrected chi connectivity index (χ1v) is 7.82. The van der Waals surface area contributed by atoms with Crippen molar-refractivity contribution in [1.29, 1.82) is 0 Å². The molecule has 1 aliphatic heterocycles. The van der Waals surface area contributed by atoms with Crippen LogP contribution in [0.4, 0.5) is 0 Å². The third-order valence-electron chi connectivity index (χ3n) is 2.76. The van der Waals surface area contributed by atoms with E-state index >= 15 is 0 Å². The summed E-state index contributed by atoms with van der Waals surface area (Å²) < 4.78 is 31.5. The van der Waals surface area contributed by atoms with Crippen molar-refractivity contribution in [2.24, 2.45) is 5.73 Å². The van der Waals surface area contributed by atoms with Crippen molar-refractivity contribution >= 4 is 27.2 Å². The van der Waals surface area contributed by atoms with Gasteiger partial charge in [0, 0.05) is 19.8 Å². The second-order valence-corrected chi connectivity index (χ2v) is 6.74. The van der Waals surface area contributed by atoms with Crippen LogP contribution < -0.4 is 10.5 Å². The Balaban J connectivity index is 2.22. The van der Waals surface area contributed by atoms with E-state index in [1.807, 2.05) is 0 Å². The molecule has 1 rings (SSSR count). The fourth-order valence-corrected chi connectivity index (χ4v) is 3.36. The molecule has 7 heteroatoms. The Hall–Kier alpha value is -0.240. The largest absolute Gasteiger partial charge is 0.393 e. The van der Waals surface area contributed by atoms with Crippen molar-refractivity contribution in [3.05, 3.63) is 0 Å². The molecule has 0 aromatic carbocycles. The maximum Gasteiger partial charge on any atom is 0.214 e. The van der Waals surface area contributed by atoms with E-state index in [0.29, 0.717) is 44.0 Å². The van der Waals surface area contributed by atoms with Crippen LogP contribution >= 0.6 is 12.2 Å². The molecule has 1 fully saturated rings. The van der Waals surface area contributed by atoms with Crippen molar-refractivity contribution in [3.63, 3.8) is 0 Å². The SMILES string of the molecule is NC(=S)CCCCNS(=O)(=O)C1CCOCC1. The summed E-state index contributed by atoms with van der Waals surface area (Å²) in [6, 6.07) is 0. The minimum absolute atomic E-state index is 0.299. The third kappa shape index (κ3) is 5.76. The molecule has 3 N–H and O–H groups in total. The molecule has 0 bridgehead atoms. The van der Waals surface area contributed by atoms with E-state index in [1.54, 1.807) is 0 Å². The first kappa shape index (κ1) is 14.8. The first-order chi connectivity index (χ1) is 8.02. The van der Waals surface area contributed by atoms with Gasteiger partial charge in [0.05, 0.1) is 10.2 Å². The van der Waals surface area contributed by atoms with Gasteiger partial charge in [0.15, 0.2) is 0 Å². The molecule has 1 saturated heterocycles. The van der Waals surface area contributed by atoms with E-state index in [4.69, 9.17) is 22.7 Å². The van der Waals surface area contributed by atoms with E-state index in [-0.39, 0.29) is 5.25 Å². The van der Waals surface area contributed by atoms with Crippen molar-refractivity contribution in [2.45, 2.75) is 37.4 Å². The number of ether oxygens (including phenoxy) is 1. The molecule has 0 radical (unpaired) electrons. The quantitative estimate of drug-likeness (QED) is 0.525. The van der Waals surface area contributed by atoms with Gasteiger partial charge in [-0.05, 0) is 32.1 Å². The fourth-order valence-electron chi connectivity index (χ4n) is 1.74. The first-order valence-electron chi connectivity index (χ1n) is 5.87. The molecule has 0 aromatic heterocycles. The maximum absolute atomic E-state index is 11.9. The van der Waals surface area contributed by atoms with Crippen molar-refractivity contribution in [3.8, 4) is 0 Å². The molecule has 0 amide bonds. The number of hydrogen-bond donors (Lipinski definition) is 2. The Labute approximate surface area is 108 Å². The van der Waals surface area contributed by atoms with E-state index < -0.39 is 10.0 Å². The summed E-state index contributed by atoms with van der Waals surface area (Å²) >= 11 is 4.75. The summed E-state index contributed by atoms with van der Waals surface area (Å²) in [6.07, 6.45) is 3.43. The minimum atomic E-state index is -3.18. The topological polar surface area (TPSA) is 81.4 Å². The molecule has 0 unspecified atom stereocenters. The van der Waals surface area contributed by atoms with Crippen molar-refractivity contribution in [2.75, 3.05) is 19.8 Å². The van der Waals surface area contributed by atoms with Gasteiger partial charge in [0.1, 0.15) is 0 Å². The van der Waals surface area contributed by atoms with Gasteiger partial charge < -0.3 is 10.5 Å². The van der Waals surface area contributed by atoms with Crippen LogP contribution in [0.5, 0.6) is 0 Å². The van der Waals surface area contributed by atoms with Crippen LogP contribution in [0.3, 0.4) is 0 Å². The molecule has 0 saturated carbocycles. The van der Waals surface area contributed by atoms with Crippen LogP contribution in [0, 0.1) is 0 Å². The normalized spacial score (nSPS) is 18.1. The standard InChI is InChI=1S/C10H20N2O3S2/c11-10(16)3-1-2-6-12-17(13,14)9-4-7-15-8-5-9/h9,12H,1-8H2,(H2,11,16). The number of rotatable bonds is 7. The van der Waals surface area contributed by atoms with Gasteiger partial charge in [-0.25, -0.2) is 13.1 Å². The molecular weight excluding hydrogens is 260 g/mol. The fraction of sp³-hybridized carbons (Fsp3) is 0.900. The van der Waals surface area contributed by atoms with E-state index in [1.165, 1.54) is 0 Å². The number of hydrogen-bond acceptors (Lipinski definition) is 4. The summed E-state index contributed by atoms with van der Waals surface area (Å²) in [5.41, 5.74) is 5.36. The number of nitrogens with one attached hydrogen (secondary N) is 1. The van der Waals surface area contributed by atoms with Gasteiger partial charge in [-0.1, -0.05) is 12.2 Å². The summed E-state index contributed by atoms with van der Waals surface area (Å²) in [5.74, 6) is 0. The van der Waals surface area contributed by atoms with Crippen molar-refractivity contribution < 1.29 is 13.2 Å². The minimum Gasteiger partial charge on any atom is -0.393 e. The summed E-state index contributed by atoms with van der Waals surface area (Å²) in [6.45, 7) is 1.53. The van der Waals surface area contributed by atoms with E-state index in [2.05, 4.69) is 4.72 Å². The third-order valence-corrected chi connectivity index (χ3v) is 4.92. The highest BCUT2D eigenvalue weighted by Crippen LogP contribution is 2.14. The van der Waals surface area contributed by atoms with Crippen LogP contribution in [-0.2, 0) is 14.8 Å². The number of nitrogens with two attached hydrogens (primary N) is 1. The lowest BCUT2D eigenvalue weighted by atomic mass is 10.2. The zero-order valence-corrected chi connectivity index (χ0v) is 11.5. The molecule has 100 valence electrons. The summed E-state index contributed by atoms with van der Waals surface area (Å²) in [5, 5.41) is -0.299. The lowest BCUT2D eigenvalue weighted by molar-refractivity contribution is 0.0981. The molecule has 0 atom stereocenters. The highest BCUT2D eigenvalue weighted by Gasteiger charge is 2.26. The zero-order valence-electron chi connectivity index (χ0n) is 9.85. The van der Waals surface area contributed by atoms with Gasteiger partial charge in [0.2, 0.25) is 10.0 Å². The van der Waals surface area contributed by atoms with Gasteiger partial charge in [-0.15, -0.1) is 0 Å². The lowest BCUT2D eigenvalue weighted by Gasteiger charge is -2.22. The highest BCUT2D eigenvalue weighted by atomic mass is 32.2. The Kier molecular flexibility index (Phi) is 6.32. The molecule has 0 aliphatic carbocycles. The molecule has 17 heavy (non-hydrogen) atoms.